The van der Waals surface area contributed by atoms with Crippen LogP contribution in [0.25, 0.3) is 17.0 Å². The second-order valence-corrected chi connectivity index (χ2v) is 7.22. The third-order valence-corrected chi connectivity index (χ3v) is 5.26. The highest BCUT2D eigenvalue weighted by Crippen LogP contribution is 2.38. The number of nitrogens with one attached hydrogen (secondary N) is 2. The van der Waals surface area contributed by atoms with Gasteiger partial charge in [0, 0.05) is 23.6 Å². The zero-order valence-electron chi connectivity index (χ0n) is 19.8. The van der Waals surface area contributed by atoms with E-state index in [0.29, 0.717) is 51.8 Å². The summed E-state index contributed by atoms with van der Waals surface area (Å²) in [7, 11) is 7.67. The topological polar surface area (TPSA) is 108 Å². The van der Waals surface area contributed by atoms with Crippen molar-refractivity contribution in [3.63, 3.8) is 0 Å². The van der Waals surface area contributed by atoms with Crippen molar-refractivity contribution in [1.29, 1.82) is 0 Å². The monoisotopic (exact) mass is 468 g/mol. The minimum atomic E-state index is -0.301. The minimum absolute atomic E-state index is 0.249. The van der Waals surface area contributed by atoms with E-state index in [-0.39, 0.29) is 18.0 Å². The van der Waals surface area contributed by atoms with Crippen LogP contribution in [-0.2, 0) is 11.2 Å². The molecule has 1 aromatic heterocycles. The van der Waals surface area contributed by atoms with Crippen LogP contribution in [0.2, 0.25) is 0 Å². The first-order valence-electron chi connectivity index (χ1n) is 10.5. The number of rotatable bonds is 10. The molecule has 3 rings (SSSR count). The van der Waals surface area contributed by atoms with Crippen LogP contribution in [0.15, 0.2) is 41.2 Å². The molecule has 2 N–H and O–H groups in total. The van der Waals surface area contributed by atoms with E-state index in [1.165, 1.54) is 34.5 Å². The summed E-state index contributed by atoms with van der Waals surface area (Å²) < 4.78 is 26.7. The number of H-pyrrole nitrogens is 1. The van der Waals surface area contributed by atoms with Gasteiger partial charge < -0.3 is 34.0 Å². The maximum Gasteiger partial charge on any atom is 0.251 e. The van der Waals surface area contributed by atoms with E-state index in [0.717, 1.165) is 5.39 Å². The quantitative estimate of drug-likeness (QED) is 0.441. The maximum atomic E-state index is 12.5. The van der Waals surface area contributed by atoms with Crippen molar-refractivity contribution >= 4 is 22.9 Å². The first kappa shape index (κ1) is 24.5. The van der Waals surface area contributed by atoms with E-state index in [9.17, 15) is 9.59 Å². The summed E-state index contributed by atoms with van der Waals surface area (Å²) >= 11 is 0. The summed E-state index contributed by atoms with van der Waals surface area (Å²) in [6.07, 6.45) is 3.38. The third kappa shape index (κ3) is 5.25. The molecular formula is C25H28N2O7. The van der Waals surface area contributed by atoms with Gasteiger partial charge in [0.1, 0.15) is 11.5 Å². The summed E-state index contributed by atoms with van der Waals surface area (Å²) in [4.78, 5) is 27.7. The first-order chi connectivity index (χ1) is 16.4. The molecule has 0 spiro atoms. The SMILES string of the molecule is COc1cc(/C=C\C(=O)NCCc2cc3c(OC)ccc(OC)c3[nH]c2=O)cc(OC)c1OC. The Bertz CT molecular complexity index is 1240. The molecular weight excluding hydrogens is 440 g/mol. The van der Waals surface area contributed by atoms with Crippen LogP contribution in [-0.4, -0.2) is 53.0 Å². The zero-order valence-corrected chi connectivity index (χ0v) is 19.8. The van der Waals surface area contributed by atoms with Crippen LogP contribution in [0.4, 0.5) is 0 Å². The Morgan fingerprint density at radius 3 is 2.09 bits per heavy atom. The molecule has 0 aliphatic carbocycles. The number of hydrogen-bond acceptors (Lipinski definition) is 7. The van der Waals surface area contributed by atoms with Crippen LogP contribution in [0, 0.1) is 0 Å². The lowest BCUT2D eigenvalue weighted by Gasteiger charge is -2.12. The third-order valence-electron chi connectivity index (χ3n) is 5.26. The van der Waals surface area contributed by atoms with E-state index >= 15 is 0 Å². The molecule has 2 aromatic carbocycles. The number of fused-ring (bicyclic) bond motifs is 1. The van der Waals surface area contributed by atoms with Gasteiger partial charge in [-0.15, -0.1) is 0 Å². The number of aromatic amines is 1. The Morgan fingerprint density at radius 2 is 1.50 bits per heavy atom. The molecule has 0 atom stereocenters. The fourth-order valence-corrected chi connectivity index (χ4v) is 3.57. The van der Waals surface area contributed by atoms with Crippen molar-refractivity contribution in [2.45, 2.75) is 6.42 Å². The van der Waals surface area contributed by atoms with Crippen LogP contribution in [0.5, 0.6) is 28.7 Å². The molecule has 0 fully saturated rings. The van der Waals surface area contributed by atoms with E-state index in [2.05, 4.69) is 10.3 Å². The molecule has 180 valence electrons. The smallest absolute Gasteiger partial charge is 0.251 e. The molecule has 1 amide bonds. The van der Waals surface area contributed by atoms with Crippen LogP contribution in [0.1, 0.15) is 11.1 Å². The number of methoxy groups -OCH3 is 5. The molecule has 0 aliphatic rings. The Kier molecular flexibility index (Phi) is 8.02. The minimum Gasteiger partial charge on any atom is -0.496 e. The van der Waals surface area contributed by atoms with Gasteiger partial charge in [0.05, 0.1) is 41.1 Å². The number of benzene rings is 2. The number of carbonyl (C=O) groups is 1. The van der Waals surface area contributed by atoms with Crippen LogP contribution in [0.3, 0.4) is 0 Å². The number of hydrogen-bond donors (Lipinski definition) is 2. The van der Waals surface area contributed by atoms with Gasteiger partial charge in [0.2, 0.25) is 11.7 Å². The highest BCUT2D eigenvalue weighted by molar-refractivity contribution is 5.92. The molecule has 0 aliphatic heterocycles. The van der Waals surface area contributed by atoms with Crippen molar-refractivity contribution in [3.8, 4) is 28.7 Å². The van der Waals surface area contributed by atoms with E-state index in [1.807, 2.05) is 0 Å². The molecule has 9 nitrogen and oxygen atoms in total. The highest BCUT2D eigenvalue weighted by Gasteiger charge is 2.13. The lowest BCUT2D eigenvalue weighted by Crippen LogP contribution is -2.25. The average Bonchev–Trinajstić information content (AvgIpc) is 2.86. The predicted octanol–water partition coefficient (Wildman–Crippen LogP) is 2.94. The summed E-state index contributed by atoms with van der Waals surface area (Å²) in [6, 6.07) is 8.74. The molecule has 0 bridgehead atoms. The number of aromatic nitrogens is 1. The molecule has 1 heterocycles. The second-order valence-electron chi connectivity index (χ2n) is 7.22. The number of pyridine rings is 1. The number of ether oxygens (including phenoxy) is 5. The van der Waals surface area contributed by atoms with Crippen LogP contribution >= 0.6 is 0 Å². The summed E-state index contributed by atoms with van der Waals surface area (Å²) in [5, 5.41) is 3.51. The molecule has 0 radical (unpaired) electrons. The van der Waals surface area contributed by atoms with Gasteiger partial charge in [-0.05, 0) is 48.4 Å². The first-order valence-corrected chi connectivity index (χ1v) is 10.5. The second kappa shape index (κ2) is 11.1. The Morgan fingerprint density at radius 1 is 0.882 bits per heavy atom. The zero-order chi connectivity index (χ0) is 24.7. The van der Waals surface area contributed by atoms with Crippen LogP contribution < -0.4 is 34.6 Å². The van der Waals surface area contributed by atoms with Gasteiger partial charge in [-0.1, -0.05) is 0 Å². The van der Waals surface area contributed by atoms with Crippen molar-refractivity contribution in [2.24, 2.45) is 0 Å². The largest absolute Gasteiger partial charge is 0.496 e. The summed E-state index contributed by atoms with van der Waals surface area (Å²) in [5.74, 6) is 2.32. The predicted molar refractivity (Wildman–Crippen MR) is 130 cm³/mol. The average molecular weight is 469 g/mol. The molecule has 0 saturated carbocycles. The highest BCUT2D eigenvalue weighted by atomic mass is 16.5. The van der Waals surface area contributed by atoms with Crippen molar-refractivity contribution in [1.82, 2.24) is 10.3 Å². The summed E-state index contributed by atoms with van der Waals surface area (Å²) in [6.45, 7) is 0.277. The number of amides is 1. The fraction of sp³-hybridized carbons (Fsp3) is 0.280. The Labute approximate surface area is 197 Å². The maximum absolute atomic E-state index is 12.5. The van der Waals surface area contributed by atoms with Gasteiger partial charge in [0.25, 0.3) is 5.56 Å². The van der Waals surface area contributed by atoms with Crippen molar-refractivity contribution < 1.29 is 28.5 Å². The van der Waals surface area contributed by atoms with Gasteiger partial charge in [-0.25, -0.2) is 0 Å². The van der Waals surface area contributed by atoms with E-state index in [4.69, 9.17) is 23.7 Å². The lowest BCUT2D eigenvalue weighted by molar-refractivity contribution is -0.116. The number of carbonyl (C=O) groups excluding carboxylic acids is 1. The normalized spacial score (nSPS) is 10.9. The molecule has 9 heteroatoms. The van der Waals surface area contributed by atoms with E-state index in [1.54, 1.807) is 43.5 Å². The molecule has 0 saturated heterocycles. The molecule has 3 aromatic rings. The Balaban J connectivity index is 1.70. The lowest BCUT2D eigenvalue weighted by atomic mass is 10.1. The standard InChI is InChI=1S/C25H28N2O7/c1-30-18-7-8-19(31-2)23-17(18)14-16(25(29)27-23)10-11-26-22(28)9-6-15-12-20(32-3)24(34-5)21(13-15)33-4/h6-9,12-14H,10-11H2,1-5H3,(H,26,28)(H,27,29)/b9-6-. The van der Waals surface area contributed by atoms with Crippen molar-refractivity contribution in [3.05, 3.63) is 57.9 Å². The fourth-order valence-electron chi connectivity index (χ4n) is 3.57. The molecule has 0 unspecified atom stereocenters. The summed E-state index contributed by atoms with van der Waals surface area (Å²) in [5.41, 5.74) is 1.54. The van der Waals surface area contributed by atoms with E-state index < -0.39 is 0 Å². The molecule has 34 heavy (non-hydrogen) atoms. The Hall–Kier alpha value is -4.14. The van der Waals surface area contributed by atoms with Crippen molar-refractivity contribution in [2.75, 3.05) is 42.1 Å². The van der Waals surface area contributed by atoms with Gasteiger partial charge in [0.15, 0.2) is 11.5 Å². The van der Waals surface area contributed by atoms with Gasteiger partial charge in [-0.3, -0.25) is 9.59 Å². The van der Waals surface area contributed by atoms with Gasteiger partial charge in [-0.2, -0.15) is 0 Å². The van der Waals surface area contributed by atoms with Gasteiger partial charge >= 0.3 is 0 Å².